The van der Waals surface area contributed by atoms with Crippen molar-refractivity contribution in [2.24, 2.45) is 0 Å². The van der Waals surface area contributed by atoms with Crippen LogP contribution in [0.15, 0.2) is 35.1 Å². The minimum absolute atomic E-state index is 0.0682. The molecule has 1 heterocycles. The lowest BCUT2D eigenvalue weighted by Crippen LogP contribution is -2.24. The zero-order chi connectivity index (χ0) is 16.4. The third-order valence-electron chi connectivity index (χ3n) is 4.06. The lowest BCUT2D eigenvalue weighted by molar-refractivity contribution is 0.355. The molecule has 0 saturated heterocycles. The van der Waals surface area contributed by atoms with Crippen molar-refractivity contribution in [3.8, 4) is 28.8 Å². The first kappa shape index (κ1) is 15.2. The Hall–Kier alpha value is -2.74. The van der Waals surface area contributed by atoms with Crippen molar-refractivity contribution in [2.75, 3.05) is 14.2 Å². The second-order valence-electron chi connectivity index (χ2n) is 5.55. The average Bonchev–Trinajstić information content (AvgIpc) is 3.40. The fraction of sp³-hybridized carbons (Fsp3) is 0.333. The fourth-order valence-electron chi connectivity index (χ4n) is 2.74. The molecule has 1 fully saturated rings. The van der Waals surface area contributed by atoms with Crippen molar-refractivity contribution in [3.05, 3.63) is 46.2 Å². The Balaban J connectivity index is 2.15. The number of hydrogen-bond acceptors (Lipinski definition) is 4. The van der Waals surface area contributed by atoms with E-state index in [0.717, 1.165) is 24.1 Å². The second-order valence-corrected chi connectivity index (χ2v) is 5.55. The van der Waals surface area contributed by atoms with Crippen LogP contribution in [-0.4, -0.2) is 18.8 Å². The van der Waals surface area contributed by atoms with Crippen LogP contribution in [0.3, 0.4) is 0 Å². The predicted molar refractivity (Wildman–Crippen MR) is 86.8 cm³/mol. The molecule has 0 N–H and O–H groups in total. The number of aromatic nitrogens is 1. The van der Waals surface area contributed by atoms with Gasteiger partial charge in [-0.05, 0) is 37.1 Å². The first-order valence-electron chi connectivity index (χ1n) is 7.53. The summed E-state index contributed by atoms with van der Waals surface area (Å²) in [5.74, 6) is 1.28. The van der Waals surface area contributed by atoms with Crippen molar-refractivity contribution in [1.82, 2.24) is 4.57 Å². The van der Waals surface area contributed by atoms with Gasteiger partial charge in [-0.2, -0.15) is 5.26 Å². The summed E-state index contributed by atoms with van der Waals surface area (Å²) in [5.41, 5.74) is 2.22. The van der Waals surface area contributed by atoms with Crippen LogP contribution in [-0.2, 0) is 6.42 Å². The van der Waals surface area contributed by atoms with Gasteiger partial charge in [0, 0.05) is 17.2 Å². The van der Waals surface area contributed by atoms with E-state index < -0.39 is 0 Å². The van der Waals surface area contributed by atoms with Gasteiger partial charge in [-0.25, -0.2) is 0 Å². The molecule has 0 spiro atoms. The number of rotatable bonds is 5. The highest BCUT2D eigenvalue weighted by molar-refractivity contribution is 5.65. The number of pyridine rings is 1. The Kier molecular flexibility index (Phi) is 4.07. The average molecular weight is 310 g/mol. The molecule has 5 nitrogen and oxygen atoms in total. The van der Waals surface area contributed by atoms with Crippen molar-refractivity contribution >= 4 is 0 Å². The second kappa shape index (κ2) is 6.17. The Morgan fingerprint density at radius 1 is 1.17 bits per heavy atom. The van der Waals surface area contributed by atoms with Crippen LogP contribution in [0.25, 0.3) is 11.3 Å². The van der Waals surface area contributed by atoms with Gasteiger partial charge in [-0.1, -0.05) is 6.07 Å². The largest absolute Gasteiger partial charge is 0.493 e. The molecule has 118 valence electrons. The maximum atomic E-state index is 12.7. The zero-order valence-corrected chi connectivity index (χ0v) is 13.2. The highest BCUT2D eigenvalue weighted by Crippen LogP contribution is 2.39. The van der Waals surface area contributed by atoms with Gasteiger partial charge in [0.1, 0.15) is 0 Å². The molecule has 23 heavy (non-hydrogen) atoms. The highest BCUT2D eigenvalue weighted by Gasteiger charge is 2.28. The molecule has 0 radical (unpaired) electrons. The fourth-order valence-corrected chi connectivity index (χ4v) is 2.74. The van der Waals surface area contributed by atoms with Gasteiger partial charge in [-0.3, -0.25) is 4.79 Å². The van der Waals surface area contributed by atoms with E-state index in [1.165, 1.54) is 0 Å². The van der Waals surface area contributed by atoms with Gasteiger partial charge in [0.15, 0.2) is 11.5 Å². The van der Waals surface area contributed by atoms with Crippen molar-refractivity contribution in [2.45, 2.75) is 25.3 Å². The topological polar surface area (TPSA) is 64.2 Å². The van der Waals surface area contributed by atoms with E-state index in [-0.39, 0.29) is 18.0 Å². The van der Waals surface area contributed by atoms with Crippen LogP contribution in [0, 0.1) is 11.3 Å². The molecule has 5 heteroatoms. The van der Waals surface area contributed by atoms with E-state index in [1.54, 1.807) is 20.3 Å². The molecule has 0 bridgehead atoms. The molecule has 1 aliphatic rings. The minimum atomic E-state index is -0.0682. The number of nitrogens with zero attached hydrogens (tertiary/aromatic N) is 2. The molecule has 0 amide bonds. The molecule has 3 rings (SSSR count). The van der Waals surface area contributed by atoms with Gasteiger partial charge in [-0.15, -0.1) is 0 Å². The Morgan fingerprint density at radius 3 is 2.52 bits per heavy atom. The lowest BCUT2D eigenvalue weighted by Gasteiger charge is -2.15. The van der Waals surface area contributed by atoms with Crippen LogP contribution < -0.4 is 15.0 Å². The first-order valence-corrected chi connectivity index (χ1v) is 7.53. The van der Waals surface area contributed by atoms with E-state index in [1.807, 2.05) is 28.8 Å². The van der Waals surface area contributed by atoms with Crippen molar-refractivity contribution < 1.29 is 9.47 Å². The summed E-state index contributed by atoms with van der Waals surface area (Å²) in [7, 11) is 3.18. The number of methoxy groups -OCH3 is 2. The Bertz CT molecular complexity index is 829. The van der Waals surface area contributed by atoms with Crippen LogP contribution in [0.2, 0.25) is 0 Å². The zero-order valence-electron chi connectivity index (χ0n) is 13.2. The van der Waals surface area contributed by atoms with Gasteiger partial charge in [0.25, 0.3) is 5.56 Å². The molecule has 0 unspecified atom stereocenters. The molecular weight excluding hydrogens is 292 g/mol. The van der Waals surface area contributed by atoms with Crippen LogP contribution in [0.4, 0.5) is 0 Å². The first-order chi connectivity index (χ1) is 11.2. The summed E-state index contributed by atoms with van der Waals surface area (Å²) in [6, 6.07) is 11.6. The third-order valence-corrected chi connectivity index (χ3v) is 4.06. The van der Waals surface area contributed by atoms with Gasteiger partial charge in [0.05, 0.1) is 32.4 Å². The van der Waals surface area contributed by atoms with E-state index in [0.29, 0.717) is 17.1 Å². The van der Waals surface area contributed by atoms with E-state index in [2.05, 4.69) is 6.07 Å². The van der Waals surface area contributed by atoms with Gasteiger partial charge < -0.3 is 14.0 Å². The SMILES string of the molecule is COc1ccc(-c2ccc(CC#N)c(=O)n2C2CC2)cc1OC. The maximum absolute atomic E-state index is 12.7. The predicted octanol–water partition coefficient (Wildman–Crippen LogP) is 2.93. The summed E-state index contributed by atoms with van der Waals surface area (Å²) in [4.78, 5) is 12.7. The number of nitriles is 1. The van der Waals surface area contributed by atoms with Gasteiger partial charge >= 0.3 is 0 Å². The molecule has 1 saturated carbocycles. The number of ether oxygens (including phenoxy) is 2. The molecular formula is C18H18N2O3. The van der Waals surface area contributed by atoms with E-state index in [9.17, 15) is 4.79 Å². The van der Waals surface area contributed by atoms with Gasteiger partial charge in [0.2, 0.25) is 0 Å². The lowest BCUT2D eigenvalue weighted by atomic mass is 10.1. The summed E-state index contributed by atoms with van der Waals surface area (Å²) < 4.78 is 12.4. The van der Waals surface area contributed by atoms with Crippen molar-refractivity contribution in [3.63, 3.8) is 0 Å². The van der Waals surface area contributed by atoms with Crippen LogP contribution >= 0.6 is 0 Å². The normalized spacial score (nSPS) is 13.4. The summed E-state index contributed by atoms with van der Waals surface area (Å²) >= 11 is 0. The summed E-state index contributed by atoms with van der Waals surface area (Å²) in [6.45, 7) is 0. The number of hydrogen-bond donors (Lipinski definition) is 0. The summed E-state index contributed by atoms with van der Waals surface area (Å²) in [5, 5.41) is 8.87. The van der Waals surface area contributed by atoms with Crippen LogP contribution in [0.1, 0.15) is 24.4 Å². The Morgan fingerprint density at radius 2 is 1.91 bits per heavy atom. The molecule has 1 aromatic heterocycles. The van der Waals surface area contributed by atoms with Crippen molar-refractivity contribution in [1.29, 1.82) is 5.26 Å². The smallest absolute Gasteiger partial charge is 0.255 e. The molecule has 1 aliphatic carbocycles. The third kappa shape index (κ3) is 2.80. The minimum Gasteiger partial charge on any atom is -0.493 e. The Labute approximate surface area is 134 Å². The quantitative estimate of drug-likeness (QED) is 0.851. The number of benzene rings is 1. The molecule has 2 aromatic rings. The van der Waals surface area contributed by atoms with E-state index in [4.69, 9.17) is 14.7 Å². The molecule has 0 atom stereocenters. The monoisotopic (exact) mass is 310 g/mol. The van der Waals surface area contributed by atoms with E-state index >= 15 is 0 Å². The highest BCUT2D eigenvalue weighted by atomic mass is 16.5. The molecule has 1 aromatic carbocycles. The molecule has 0 aliphatic heterocycles. The summed E-state index contributed by atoms with van der Waals surface area (Å²) in [6.07, 6.45) is 2.13. The standard InChI is InChI=1S/C18H18N2O3/c1-22-16-8-4-13(11-17(16)23-2)15-7-3-12(9-10-19)18(21)20(15)14-5-6-14/h3-4,7-8,11,14H,5-6,9H2,1-2H3. The van der Waals surface area contributed by atoms with Crippen LogP contribution in [0.5, 0.6) is 11.5 Å². The maximum Gasteiger partial charge on any atom is 0.255 e.